The first kappa shape index (κ1) is 11.5. The van der Waals surface area contributed by atoms with Crippen LogP contribution in [0.4, 0.5) is 5.69 Å². The minimum atomic E-state index is 0.262. The van der Waals surface area contributed by atoms with Gasteiger partial charge in [0.2, 0.25) is 0 Å². The smallest absolute Gasteiger partial charge is 0.112 e. The molecule has 18 heavy (non-hydrogen) atoms. The molecular formula is C14H19N3O. The van der Waals surface area contributed by atoms with Gasteiger partial charge in [0, 0.05) is 24.8 Å². The molecule has 1 aliphatic rings. The van der Waals surface area contributed by atoms with Crippen LogP contribution in [-0.2, 0) is 6.54 Å². The van der Waals surface area contributed by atoms with E-state index in [1.54, 1.807) is 0 Å². The van der Waals surface area contributed by atoms with Crippen molar-refractivity contribution in [3.8, 4) is 0 Å². The van der Waals surface area contributed by atoms with Crippen LogP contribution < -0.4 is 5.73 Å². The Labute approximate surface area is 106 Å². The molecule has 1 aromatic heterocycles. The maximum Gasteiger partial charge on any atom is 0.112 e. The normalized spacial score (nSPS) is 15.4. The maximum absolute atomic E-state index is 8.89. The van der Waals surface area contributed by atoms with Gasteiger partial charge in [-0.2, -0.15) is 0 Å². The molecule has 1 aliphatic carbocycles. The third kappa shape index (κ3) is 2.08. The highest BCUT2D eigenvalue weighted by atomic mass is 16.2. The number of unbranched alkanes of at least 4 members (excludes halogenated alkanes) is 1. The van der Waals surface area contributed by atoms with Crippen LogP contribution in [0.15, 0.2) is 18.2 Å². The van der Waals surface area contributed by atoms with Gasteiger partial charge >= 0.3 is 0 Å². The number of aromatic nitrogens is 2. The van der Waals surface area contributed by atoms with Gasteiger partial charge in [-0.1, -0.05) is 0 Å². The molecule has 4 heteroatoms. The molecule has 0 atom stereocenters. The molecule has 1 saturated carbocycles. The molecule has 2 aromatic rings. The van der Waals surface area contributed by atoms with Crippen LogP contribution in [0.5, 0.6) is 0 Å². The lowest BCUT2D eigenvalue weighted by atomic mass is 10.2. The third-order valence-corrected chi connectivity index (χ3v) is 3.53. The van der Waals surface area contributed by atoms with Crippen LogP contribution in [-0.4, -0.2) is 21.3 Å². The third-order valence-electron chi connectivity index (χ3n) is 3.53. The van der Waals surface area contributed by atoms with Crippen molar-refractivity contribution in [1.29, 1.82) is 0 Å². The van der Waals surface area contributed by atoms with E-state index in [1.807, 2.05) is 12.1 Å². The zero-order valence-corrected chi connectivity index (χ0v) is 10.5. The van der Waals surface area contributed by atoms with Gasteiger partial charge < -0.3 is 15.4 Å². The monoisotopic (exact) mass is 245 g/mol. The van der Waals surface area contributed by atoms with E-state index in [0.29, 0.717) is 5.92 Å². The summed E-state index contributed by atoms with van der Waals surface area (Å²) in [6.07, 6.45) is 4.34. The van der Waals surface area contributed by atoms with E-state index in [-0.39, 0.29) is 6.61 Å². The Bertz CT molecular complexity index is 557. The first-order valence-corrected chi connectivity index (χ1v) is 6.66. The van der Waals surface area contributed by atoms with Gasteiger partial charge in [-0.15, -0.1) is 0 Å². The fourth-order valence-corrected chi connectivity index (χ4v) is 2.44. The van der Waals surface area contributed by atoms with Crippen molar-refractivity contribution >= 4 is 16.7 Å². The van der Waals surface area contributed by atoms with Crippen LogP contribution in [0.1, 0.15) is 37.4 Å². The number of imidazole rings is 1. The second-order valence-corrected chi connectivity index (χ2v) is 5.07. The lowest BCUT2D eigenvalue weighted by Gasteiger charge is -2.08. The molecule has 0 spiro atoms. The van der Waals surface area contributed by atoms with Crippen LogP contribution in [0.25, 0.3) is 11.0 Å². The number of rotatable bonds is 5. The molecule has 1 aromatic carbocycles. The first-order chi connectivity index (χ1) is 8.79. The molecule has 0 radical (unpaired) electrons. The Hall–Kier alpha value is -1.55. The van der Waals surface area contributed by atoms with E-state index in [4.69, 9.17) is 15.8 Å². The van der Waals surface area contributed by atoms with Gasteiger partial charge in [0.15, 0.2) is 0 Å². The predicted molar refractivity (Wildman–Crippen MR) is 72.4 cm³/mol. The maximum atomic E-state index is 8.89. The Balaban J connectivity index is 1.99. The number of hydrogen-bond acceptors (Lipinski definition) is 3. The van der Waals surface area contributed by atoms with E-state index in [1.165, 1.54) is 24.2 Å². The first-order valence-electron chi connectivity index (χ1n) is 6.66. The zero-order valence-electron chi connectivity index (χ0n) is 10.5. The summed E-state index contributed by atoms with van der Waals surface area (Å²) in [5.74, 6) is 1.83. The van der Waals surface area contributed by atoms with Crippen molar-refractivity contribution in [2.75, 3.05) is 12.3 Å². The molecule has 4 nitrogen and oxygen atoms in total. The Kier molecular flexibility index (Phi) is 2.96. The summed E-state index contributed by atoms with van der Waals surface area (Å²) in [5.41, 5.74) is 8.75. The van der Waals surface area contributed by atoms with Crippen molar-refractivity contribution in [1.82, 2.24) is 9.55 Å². The Morgan fingerprint density at radius 1 is 1.33 bits per heavy atom. The number of benzene rings is 1. The lowest BCUT2D eigenvalue weighted by Crippen LogP contribution is -2.03. The van der Waals surface area contributed by atoms with Crippen LogP contribution >= 0.6 is 0 Å². The number of aliphatic hydroxyl groups excluding tert-OH is 1. The van der Waals surface area contributed by atoms with Crippen molar-refractivity contribution < 1.29 is 5.11 Å². The number of nitrogen functional groups attached to an aromatic ring is 1. The number of nitrogens with two attached hydrogens (primary N) is 1. The van der Waals surface area contributed by atoms with Gasteiger partial charge in [0.25, 0.3) is 0 Å². The van der Waals surface area contributed by atoms with Crippen LogP contribution in [0.2, 0.25) is 0 Å². The molecule has 0 unspecified atom stereocenters. The number of nitrogens with zero attached hydrogens (tertiary/aromatic N) is 2. The number of anilines is 1. The molecule has 96 valence electrons. The molecule has 0 saturated heterocycles. The molecule has 0 aliphatic heterocycles. The second-order valence-electron chi connectivity index (χ2n) is 5.07. The molecule has 0 bridgehead atoms. The number of aryl methyl sites for hydroxylation is 1. The van der Waals surface area contributed by atoms with Gasteiger partial charge in [-0.25, -0.2) is 4.98 Å². The quantitative estimate of drug-likeness (QED) is 0.627. The van der Waals surface area contributed by atoms with Gasteiger partial charge in [0.05, 0.1) is 11.0 Å². The highest BCUT2D eigenvalue weighted by molar-refractivity contribution is 5.79. The standard InChI is InChI=1S/C14H19N3O/c15-11-5-6-13-12(9-11)16-14(10-3-4-10)17(13)7-1-2-8-18/h5-6,9-10,18H,1-4,7-8,15H2. The lowest BCUT2D eigenvalue weighted by molar-refractivity contribution is 0.281. The fourth-order valence-electron chi connectivity index (χ4n) is 2.44. The van der Waals surface area contributed by atoms with Crippen LogP contribution in [0, 0.1) is 0 Å². The van der Waals surface area contributed by atoms with Crippen molar-refractivity contribution in [2.45, 2.75) is 38.1 Å². The van der Waals surface area contributed by atoms with E-state index in [0.717, 1.165) is 30.6 Å². The summed E-state index contributed by atoms with van der Waals surface area (Å²) in [4.78, 5) is 4.73. The van der Waals surface area contributed by atoms with E-state index in [2.05, 4.69) is 10.6 Å². The largest absolute Gasteiger partial charge is 0.399 e. The molecule has 1 fully saturated rings. The predicted octanol–water partition coefficient (Wildman–Crippen LogP) is 2.27. The summed E-state index contributed by atoms with van der Waals surface area (Å²) in [7, 11) is 0. The topological polar surface area (TPSA) is 64.1 Å². The highest BCUT2D eigenvalue weighted by Gasteiger charge is 2.29. The summed E-state index contributed by atoms with van der Waals surface area (Å²) < 4.78 is 2.31. The Morgan fingerprint density at radius 3 is 2.89 bits per heavy atom. The summed E-state index contributed by atoms with van der Waals surface area (Å²) in [6, 6.07) is 5.94. The number of hydrogen-bond donors (Lipinski definition) is 2. The number of fused-ring (bicyclic) bond motifs is 1. The summed E-state index contributed by atoms with van der Waals surface area (Å²) >= 11 is 0. The minimum Gasteiger partial charge on any atom is -0.399 e. The van der Waals surface area contributed by atoms with Crippen molar-refractivity contribution in [3.63, 3.8) is 0 Å². The van der Waals surface area contributed by atoms with Crippen LogP contribution in [0.3, 0.4) is 0 Å². The SMILES string of the molecule is Nc1ccc2c(c1)nc(C1CC1)n2CCCCO. The minimum absolute atomic E-state index is 0.262. The van der Waals surface area contributed by atoms with Gasteiger partial charge in [0.1, 0.15) is 5.82 Å². The summed E-state index contributed by atoms with van der Waals surface area (Å²) in [6.45, 7) is 1.20. The fraction of sp³-hybridized carbons (Fsp3) is 0.500. The zero-order chi connectivity index (χ0) is 12.5. The van der Waals surface area contributed by atoms with Crippen molar-refractivity contribution in [2.24, 2.45) is 0 Å². The average Bonchev–Trinajstić information content (AvgIpc) is 3.13. The van der Waals surface area contributed by atoms with E-state index >= 15 is 0 Å². The molecule has 1 heterocycles. The summed E-state index contributed by atoms with van der Waals surface area (Å²) in [5, 5.41) is 8.89. The second kappa shape index (κ2) is 4.61. The molecule has 3 rings (SSSR count). The van der Waals surface area contributed by atoms with Gasteiger partial charge in [-0.05, 0) is 43.9 Å². The molecule has 3 N–H and O–H groups in total. The molecular weight excluding hydrogens is 226 g/mol. The van der Waals surface area contributed by atoms with Gasteiger partial charge in [-0.3, -0.25) is 0 Å². The number of aliphatic hydroxyl groups is 1. The van der Waals surface area contributed by atoms with Crippen molar-refractivity contribution in [3.05, 3.63) is 24.0 Å². The average molecular weight is 245 g/mol. The molecule has 0 amide bonds. The Morgan fingerprint density at radius 2 is 2.17 bits per heavy atom. The highest BCUT2D eigenvalue weighted by Crippen LogP contribution is 2.40. The van der Waals surface area contributed by atoms with E-state index < -0.39 is 0 Å². The van der Waals surface area contributed by atoms with E-state index in [9.17, 15) is 0 Å².